The maximum atomic E-state index is 12.7. The summed E-state index contributed by atoms with van der Waals surface area (Å²) in [5.74, 6) is -1.17. The predicted molar refractivity (Wildman–Crippen MR) is 103 cm³/mol. The van der Waals surface area contributed by atoms with Gasteiger partial charge in [-0.15, -0.1) is 0 Å². The third-order valence-corrected chi connectivity index (χ3v) is 4.89. The summed E-state index contributed by atoms with van der Waals surface area (Å²) < 4.78 is 5.23. The number of para-hydroxylation sites is 1. The molecule has 27 heavy (non-hydrogen) atoms. The number of nitrogens with one attached hydrogen (secondary N) is 1. The number of benzene rings is 1. The van der Waals surface area contributed by atoms with Crippen LogP contribution in [0.25, 0.3) is 10.9 Å². The predicted octanol–water partition coefficient (Wildman–Crippen LogP) is 3.32. The average molecular weight is 367 g/mol. The third-order valence-electron chi connectivity index (χ3n) is 4.89. The second kappa shape index (κ2) is 8.17. The molecule has 0 unspecified atom stereocenters. The van der Waals surface area contributed by atoms with Gasteiger partial charge in [0.15, 0.2) is 6.61 Å². The molecule has 2 aromatic rings. The minimum absolute atomic E-state index is 0.0826. The summed E-state index contributed by atoms with van der Waals surface area (Å²) in [6.45, 7) is 8.65. The Balaban J connectivity index is 2.20. The summed E-state index contributed by atoms with van der Waals surface area (Å²) in [5, 5.41) is 12.8. The Labute approximate surface area is 159 Å². The molecule has 6 nitrogen and oxygen atoms in total. The first-order valence-corrected chi connectivity index (χ1v) is 9.01. The molecule has 0 aliphatic heterocycles. The Morgan fingerprint density at radius 3 is 2.59 bits per heavy atom. The topological polar surface area (TPSA) is 92.1 Å². The standard InChI is InChI=1S/C21H25N3O3/c1-6-16-19(14(4)15-9-7-8-10-17(15)23-16)20(26)27-11-18(25)24-21(5,12-22)13(2)3/h7-10,13H,6,11H2,1-5H3,(H,24,25)/t21-/m1/s1. The van der Waals surface area contributed by atoms with Crippen LogP contribution in [0.4, 0.5) is 0 Å². The van der Waals surface area contributed by atoms with Crippen LogP contribution in [0.2, 0.25) is 0 Å². The van der Waals surface area contributed by atoms with E-state index in [0.29, 0.717) is 17.7 Å². The molecule has 1 aromatic carbocycles. The fraction of sp³-hybridized carbons (Fsp3) is 0.429. The summed E-state index contributed by atoms with van der Waals surface area (Å²) in [4.78, 5) is 29.4. The lowest BCUT2D eigenvalue weighted by Crippen LogP contribution is -2.50. The van der Waals surface area contributed by atoms with Gasteiger partial charge in [-0.3, -0.25) is 9.78 Å². The van der Waals surface area contributed by atoms with Gasteiger partial charge in [0.2, 0.25) is 0 Å². The van der Waals surface area contributed by atoms with Gasteiger partial charge in [0, 0.05) is 5.39 Å². The van der Waals surface area contributed by atoms with Gasteiger partial charge in [-0.25, -0.2) is 4.79 Å². The summed E-state index contributed by atoms with van der Waals surface area (Å²) in [6.07, 6.45) is 0.572. The summed E-state index contributed by atoms with van der Waals surface area (Å²) in [6, 6.07) is 9.69. The largest absolute Gasteiger partial charge is 0.452 e. The van der Waals surface area contributed by atoms with Gasteiger partial charge >= 0.3 is 5.97 Å². The molecule has 0 fully saturated rings. The van der Waals surface area contributed by atoms with Crippen LogP contribution < -0.4 is 5.32 Å². The lowest BCUT2D eigenvalue weighted by atomic mass is 9.90. The molecule has 1 aromatic heterocycles. The number of nitrogens with zero attached hydrogens (tertiary/aromatic N) is 2. The number of nitriles is 1. The summed E-state index contributed by atoms with van der Waals surface area (Å²) in [7, 11) is 0. The van der Waals surface area contributed by atoms with E-state index in [1.807, 2.05) is 52.0 Å². The molecule has 1 heterocycles. The first-order valence-electron chi connectivity index (χ1n) is 9.01. The molecule has 6 heteroatoms. The lowest BCUT2D eigenvalue weighted by Gasteiger charge is -2.27. The number of fused-ring (bicyclic) bond motifs is 1. The van der Waals surface area contributed by atoms with Crippen molar-refractivity contribution in [3.05, 3.63) is 41.1 Å². The first-order chi connectivity index (χ1) is 12.7. The normalized spacial score (nSPS) is 13.1. The van der Waals surface area contributed by atoms with E-state index in [-0.39, 0.29) is 5.92 Å². The molecule has 0 spiro atoms. The van der Waals surface area contributed by atoms with Crippen molar-refractivity contribution in [3.8, 4) is 6.07 Å². The number of aryl methyl sites for hydroxylation is 2. The Bertz CT molecular complexity index is 915. The van der Waals surface area contributed by atoms with Crippen molar-refractivity contribution in [1.29, 1.82) is 5.26 Å². The zero-order valence-corrected chi connectivity index (χ0v) is 16.4. The maximum absolute atomic E-state index is 12.7. The second-order valence-electron chi connectivity index (χ2n) is 7.02. The number of carbonyl (C=O) groups excluding carboxylic acids is 2. The molecule has 0 radical (unpaired) electrons. The highest BCUT2D eigenvalue weighted by Crippen LogP contribution is 2.24. The van der Waals surface area contributed by atoms with Crippen molar-refractivity contribution >= 4 is 22.8 Å². The molecule has 1 atom stereocenters. The smallest absolute Gasteiger partial charge is 0.340 e. The van der Waals surface area contributed by atoms with Crippen LogP contribution in [0.5, 0.6) is 0 Å². The molecular formula is C21H25N3O3. The van der Waals surface area contributed by atoms with Crippen molar-refractivity contribution < 1.29 is 14.3 Å². The maximum Gasteiger partial charge on any atom is 0.340 e. The zero-order chi connectivity index (χ0) is 20.2. The number of hydrogen-bond acceptors (Lipinski definition) is 5. The van der Waals surface area contributed by atoms with Crippen molar-refractivity contribution in [3.63, 3.8) is 0 Å². The van der Waals surface area contributed by atoms with Crippen LogP contribution in [-0.2, 0) is 16.0 Å². The number of esters is 1. The number of hydrogen-bond donors (Lipinski definition) is 1. The van der Waals surface area contributed by atoms with Crippen LogP contribution in [0.3, 0.4) is 0 Å². The molecule has 2 rings (SSSR count). The van der Waals surface area contributed by atoms with E-state index in [2.05, 4.69) is 16.4 Å². The average Bonchev–Trinajstić information content (AvgIpc) is 2.65. The molecular weight excluding hydrogens is 342 g/mol. The third kappa shape index (κ3) is 4.25. The summed E-state index contributed by atoms with van der Waals surface area (Å²) in [5.41, 5.74) is 1.63. The summed E-state index contributed by atoms with van der Waals surface area (Å²) >= 11 is 0. The fourth-order valence-electron chi connectivity index (χ4n) is 2.80. The fourth-order valence-corrected chi connectivity index (χ4v) is 2.80. The van der Waals surface area contributed by atoms with Crippen LogP contribution in [-0.4, -0.2) is 29.0 Å². The van der Waals surface area contributed by atoms with Crippen molar-refractivity contribution in [2.24, 2.45) is 5.92 Å². The Morgan fingerprint density at radius 2 is 2.00 bits per heavy atom. The molecule has 0 aliphatic rings. The minimum Gasteiger partial charge on any atom is -0.452 e. The van der Waals surface area contributed by atoms with Crippen LogP contribution in [0.1, 0.15) is 49.3 Å². The van der Waals surface area contributed by atoms with E-state index < -0.39 is 24.0 Å². The van der Waals surface area contributed by atoms with E-state index in [4.69, 9.17) is 4.74 Å². The first kappa shape index (κ1) is 20.4. The van der Waals surface area contributed by atoms with Gasteiger partial charge in [-0.05, 0) is 37.8 Å². The van der Waals surface area contributed by atoms with Gasteiger partial charge in [0.25, 0.3) is 5.91 Å². The molecule has 0 aliphatic carbocycles. The highest BCUT2D eigenvalue weighted by molar-refractivity contribution is 5.99. The zero-order valence-electron chi connectivity index (χ0n) is 16.4. The van der Waals surface area contributed by atoms with Crippen molar-refractivity contribution in [1.82, 2.24) is 10.3 Å². The van der Waals surface area contributed by atoms with Crippen LogP contribution in [0.15, 0.2) is 24.3 Å². The van der Waals surface area contributed by atoms with E-state index in [1.54, 1.807) is 6.92 Å². The molecule has 1 N–H and O–H groups in total. The molecule has 1 amide bonds. The number of rotatable bonds is 6. The van der Waals surface area contributed by atoms with Crippen molar-refractivity contribution in [2.75, 3.05) is 6.61 Å². The SMILES string of the molecule is CCc1nc2ccccc2c(C)c1C(=O)OCC(=O)N[C@](C)(C#N)C(C)C. The highest BCUT2D eigenvalue weighted by Gasteiger charge is 2.30. The van der Waals surface area contributed by atoms with Crippen LogP contribution in [0, 0.1) is 24.2 Å². The van der Waals surface area contributed by atoms with E-state index >= 15 is 0 Å². The Kier molecular flexibility index (Phi) is 6.17. The van der Waals surface area contributed by atoms with Gasteiger partial charge in [-0.1, -0.05) is 39.0 Å². The number of amides is 1. The Hall–Kier alpha value is -2.94. The quantitative estimate of drug-likeness (QED) is 0.791. The van der Waals surface area contributed by atoms with Crippen LogP contribution >= 0.6 is 0 Å². The number of aromatic nitrogens is 1. The molecule has 0 bridgehead atoms. The van der Waals surface area contributed by atoms with Gasteiger partial charge < -0.3 is 10.1 Å². The Morgan fingerprint density at radius 1 is 1.33 bits per heavy atom. The van der Waals surface area contributed by atoms with Gasteiger partial charge in [0.1, 0.15) is 5.54 Å². The number of ether oxygens (including phenoxy) is 1. The lowest BCUT2D eigenvalue weighted by molar-refractivity contribution is -0.125. The van der Waals surface area contributed by atoms with E-state index in [9.17, 15) is 14.9 Å². The number of pyridine rings is 1. The van der Waals surface area contributed by atoms with Crippen molar-refractivity contribution in [2.45, 2.75) is 46.6 Å². The molecule has 142 valence electrons. The minimum atomic E-state index is -1.02. The van der Waals surface area contributed by atoms with E-state index in [0.717, 1.165) is 16.5 Å². The monoisotopic (exact) mass is 367 g/mol. The van der Waals surface area contributed by atoms with Gasteiger partial charge in [0.05, 0.1) is 22.8 Å². The molecule has 0 saturated carbocycles. The van der Waals surface area contributed by atoms with E-state index in [1.165, 1.54) is 0 Å². The molecule has 0 saturated heterocycles. The van der Waals surface area contributed by atoms with Gasteiger partial charge in [-0.2, -0.15) is 5.26 Å². The highest BCUT2D eigenvalue weighted by atomic mass is 16.5. The second-order valence-corrected chi connectivity index (χ2v) is 7.02. The number of carbonyl (C=O) groups is 2.